The normalized spacial score (nSPS) is 32.2. The molecule has 3 unspecified atom stereocenters. The summed E-state index contributed by atoms with van der Waals surface area (Å²) in [5.74, 6) is 0.347. The lowest BCUT2D eigenvalue weighted by Gasteiger charge is -2.39. The molecule has 0 aromatic heterocycles. The van der Waals surface area contributed by atoms with Crippen molar-refractivity contribution >= 4 is 5.91 Å². The summed E-state index contributed by atoms with van der Waals surface area (Å²) >= 11 is 0. The number of hydrogen-bond donors (Lipinski definition) is 1. The Morgan fingerprint density at radius 3 is 2.20 bits per heavy atom. The van der Waals surface area contributed by atoms with E-state index in [1.54, 1.807) is 0 Å². The first-order valence-corrected chi connectivity index (χ1v) is 8.19. The Bertz CT molecular complexity index is 364. The molecule has 3 atom stereocenters. The summed E-state index contributed by atoms with van der Waals surface area (Å²) in [5.41, 5.74) is 0.179. The van der Waals surface area contributed by atoms with Gasteiger partial charge in [-0.1, -0.05) is 20.8 Å². The first-order chi connectivity index (χ1) is 9.09. The molecule has 2 rings (SSSR count). The summed E-state index contributed by atoms with van der Waals surface area (Å²) in [5, 5.41) is 3.54. The second-order valence-electron chi connectivity index (χ2n) is 8.74. The minimum Gasteiger partial charge on any atom is -0.335 e. The number of fused-ring (bicyclic) bond motifs is 1. The van der Waals surface area contributed by atoms with Gasteiger partial charge in [0.25, 0.3) is 0 Å². The van der Waals surface area contributed by atoms with Gasteiger partial charge in [0.2, 0.25) is 5.91 Å². The molecule has 0 radical (unpaired) electrons. The van der Waals surface area contributed by atoms with E-state index in [0.29, 0.717) is 18.0 Å². The lowest BCUT2D eigenvalue weighted by atomic mass is 9.85. The molecule has 116 valence electrons. The van der Waals surface area contributed by atoms with E-state index < -0.39 is 0 Å². The van der Waals surface area contributed by atoms with E-state index in [0.717, 1.165) is 12.8 Å². The van der Waals surface area contributed by atoms with Gasteiger partial charge in [-0.15, -0.1) is 0 Å². The average molecular weight is 280 g/mol. The molecule has 2 aliphatic rings. The van der Waals surface area contributed by atoms with Gasteiger partial charge >= 0.3 is 0 Å². The number of amides is 1. The fourth-order valence-corrected chi connectivity index (χ4v) is 3.87. The van der Waals surface area contributed by atoms with Crippen LogP contribution in [0.2, 0.25) is 0 Å². The minimum absolute atomic E-state index is 0.00273. The van der Waals surface area contributed by atoms with Crippen LogP contribution in [0, 0.1) is 5.41 Å². The Balaban J connectivity index is 2.20. The Kier molecular flexibility index (Phi) is 4.21. The van der Waals surface area contributed by atoms with Gasteiger partial charge < -0.3 is 10.2 Å². The van der Waals surface area contributed by atoms with Gasteiger partial charge in [-0.05, 0) is 58.3 Å². The predicted molar refractivity (Wildman–Crippen MR) is 83.6 cm³/mol. The van der Waals surface area contributed by atoms with Crippen molar-refractivity contribution in [3.63, 3.8) is 0 Å². The third kappa shape index (κ3) is 3.36. The van der Waals surface area contributed by atoms with Crippen LogP contribution in [0.4, 0.5) is 0 Å². The molecule has 0 spiro atoms. The maximum Gasteiger partial charge on any atom is 0.240 e. The lowest BCUT2D eigenvalue weighted by molar-refractivity contribution is -0.138. The van der Waals surface area contributed by atoms with E-state index in [1.165, 1.54) is 19.3 Å². The van der Waals surface area contributed by atoms with Crippen molar-refractivity contribution in [3.8, 4) is 0 Å². The van der Waals surface area contributed by atoms with Crippen LogP contribution in [0.25, 0.3) is 0 Å². The number of rotatable bonds is 1. The monoisotopic (exact) mass is 280 g/mol. The highest BCUT2D eigenvalue weighted by Crippen LogP contribution is 2.39. The Labute approximate surface area is 124 Å². The van der Waals surface area contributed by atoms with Gasteiger partial charge in [0.15, 0.2) is 0 Å². The summed E-state index contributed by atoms with van der Waals surface area (Å²) < 4.78 is 0. The molecule has 2 aliphatic heterocycles. The van der Waals surface area contributed by atoms with Gasteiger partial charge in [0, 0.05) is 17.6 Å². The quantitative estimate of drug-likeness (QED) is 0.799. The largest absolute Gasteiger partial charge is 0.335 e. The summed E-state index contributed by atoms with van der Waals surface area (Å²) in [6.45, 7) is 13.2. The molecule has 3 heteroatoms. The third-order valence-corrected chi connectivity index (χ3v) is 4.69. The lowest BCUT2D eigenvalue weighted by Crippen LogP contribution is -2.55. The van der Waals surface area contributed by atoms with E-state index >= 15 is 0 Å². The maximum atomic E-state index is 13.0. The Morgan fingerprint density at radius 1 is 1.00 bits per heavy atom. The van der Waals surface area contributed by atoms with Crippen molar-refractivity contribution in [1.82, 2.24) is 10.2 Å². The SMILES string of the molecule is CC(C)(C)NC1CCCC2CCC(C(C)(C)C)N2C1=O. The number of hydrogen-bond acceptors (Lipinski definition) is 2. The van der Waals surface area contributed by atoms with E-state index in [2.05, 4.69) is 51.8 Å². The van der Waals surface area contributed by atoms with Gasteiger partial charge in [0.05, 0.1) is 6.04 Å². The molecule has 2 heterocycles. The molecular weight excluding hydrogens is 248 g/mol. The average Bonchev–Trinajstić information content (AvgIpc) is 2.63. The van der Waals surface area contributed by atoms with Gasteiger partial charge in [0.1, 0.15) is 0 Å². The van der Waals surface area contributed by atoms with Crippen LogP contribution in [0.15, 0.2) is 0 Å². The van der Waals surface area contributed by atoms with Crippen LogP contribution in [0.5, 0.6) is 0 Å². The minimum atomic E-state index is -0.00286. The summed E-state index contributed by atoms with van der Waals surface area (Å²) in [6, 6.07) is 0.892. The molecule has 2 fully saturated rings. The predicted octanol–water partition coefficient (Wildman–Crippen LogP) is 3.33. The zero-order valence-electron chi connectivity index (χ0n) is 14.1. The summed E-state index contributed by atoms with van der Waals surface area (Å²) in [6.07, 6.45) is 5.69. The highest BCUT2D eigenvalue weighted by molar-refractivity contribution is 5.83. The van der Waals surface area contributed by atoms with Crippen LogP contribution < -0.4 is 5.32 Å². The molecule has 0 aliphatic carbocycles. The van der Waals surface area contributed by atoms with Gasteiger partial charge in [-0.3, -0.25) is 4.79 Å². The maximum absolute atomic E-state index is 13.0. The first kappa shape index (κ1) is 15.8. The van der Waals surface area contributed by atoms with E-state index in [9.17, 15) is 4.79 Å². The van der Waals surface area contributed by atoms with Crippen molar-refractivity contribution < 1.29 is 4.79 Å². The second kappa shape index (κ2) is 5.32. The van der Waals surface area contributed by atoms with Gasteiger partial charge in [-0.2, -0.15) is 0 Å². The third-order valence-electron chi connectivity index (χ3n) is 4.69. The van der Waals surface area contributed by atoms with Crippen molar-refractivity contribution in [2.75, 3.05) is 0 Å². The summed E-state index contributed by atoms with van der Waals surface area (Å²) in [7, 11) is 0. The highest BCUT2D eigenvalue weighted by atomic mass is 16.2. The Hall–Kier alpha value is -0.570. The number of carbonyl (C=O) groups is 1. The number of carbonyl (C=O) groups excluding carboxylic acids is 1. The zero-order chi connectivity index (χ0) is 15.1. The molecule has 2 saturated heterocycles. The number of nitrogens with one attached hydrogen (secondary N) is 1. The van der Waals surface area contributed by atoms with Crippen LogP contribution in [0.3, 0.4) is 0 Å². The van der Waals surface area contributed by atoms with Gasteiger partial charge in [-0.25, -0.2) is 0 Å². The van der Waals surface area contributed by atoms with Crippen LogP contribution in [0.1, 0.15) is 73.6 Å². The van der Waals surface area contributed by atoms with Crippen LogP contribution in [-0.2, 0) is 4.79 Å². The zero-order valence-corrected chi connectivity index (χ0v) is 14.1. The van der Waals surface area contributed by atoms with Crippen molar-refractivity contribution in [2.45, 2.75) is 97.3 Å². The molecule has 1 N–H and O–H groups in total. The van der Waals surface area contributed by atoms with Crippen molar-refractivity contribution in [1.29, 1.82) is 0 Å². The van der Waals surface area contributed by atoms with Crippen LogP contribution in [-0.4, -0.2) is 34.5 Å². The molecule has 0 saturated carbocycles. The molecular formula is C17H32N2O. The topological polar surface area (TPSA) is 32.3 Å². The smallest absolute Gasteiger partial charge is 0.240 e. The fourth-order valence-electron chi connectivity index (χ4n) is 3.87. The molecule has 1 amide bonds. The fraction of sp³-hybridized carbons (Fsp3) is 0.941. The highest BCUT2D eigenvalue weighted by Gasteiger charge is 2.45. The molecule has 0 aromatic rings. The van der Waals surface area contributed by atoms with Crippen molar-refractivity contribution in [3.05, 3.63) is 0 Å². The standard InChI is InChI=1S/C17H32N2O/c1-16(2,3)14-11-10-12-8-7-9-13(15(20)19(12)14)18-17(4,5)6/h12-14,18H,7-11H2,1-6H3. The molecule has 3 nitrogen and oxygen atoms in total. The molecule has 0 bridgehead atoms. The van der Waals surface area contributed by atoms with E-state index in [-0.39, 0.29) is 17.0 Å². The second-order valence-corrected chi connectivity index (χ2v) is 8.74. The van der Waals surface area contributed by atoms with E-state index in [4.69, 9.17) is 0 Å². The number of nitrogens with zero attached hydrogens (tertiary/aromatic N) is 1. The first-order valence-electron chi connectivity index (χ1n) is 8.19. The van der Waals surface area contributed by atoms with E-state index in [1.807, 2.05) is 0 Å². The Morgan fingerprint density at radius 2 is 1.65 bits per heavy atom. The molecule has 20 heavy (non-hydrogen) atoms. The van der Waals surface area contributed by atoms with Crippen LogP contribution >= 0.6 is 0 Å². The summed E-state index contributed by atoms with van der Waals surface area (Å²) in [4.78, 5) is 15.3. The van der Waals surface area contributed by atoms with Crippen molar-refractivity contribution in [2.24, 2.45) is 5.41 Å². The molecule has 0 aromatic carbocycles.